The van der Waals surface area contributed by atoms with Gasteiger partial charge in [0.15, 0.2) is 0 Å². The molecule has 0 aliphatic rings. The predicted octanol–water partition coefficient (Wildman–Crippen LogP) is 4.42. The molecule has 0 radical (unpaired) electrons. The number of nitrogens with one attached hydrogen (secondary N) is 1. The number of hydrogen-bond acceptors (Lipinski definition) is 2. The maximum atomic E-state index is 12.2. The van der Waals surface area contributed by atoms with E-state index in [0.29, 0.717) is 5.56 Å². The fraction of sp³-hybridized carbons (Fsp3) is 0.278. The lowest BCUT2D eigenvalue weighted by Crippen LogP contribution is -2.13. The Labute approximate surface area is 126 Å². The van der Waals surface area contributed by atoms with E-state index in [0.717, 1.165) is 23.4 Å². The zero-order chi connectivity index (χ0) is 15.2. The predicted molar refractivity (Wildman–Crippen MR) is 86.0 cm³/mol. The lowest BCUT2D eigenvalue weighted by Gasteiger charge is -2.13. The van der Waals surface area contributed by atoms with Crippen LogP contribution in [0.15, 0.2) is 48.5 Å². The van der Waals surface area contributed by atoms with Crippen LogP contribution in [0, 0.1) is 6.92 Å². The minimum absolute atomic E-state index is 0.115. The Balaban J connectivity index is 2.07. The molecule has 0 aliphatic heterocycles. The summed E-state index contributed by atoms with van der Waals surface area (Å²) in [5.41, 5.74) is 2.52. The van der Waals surface area contributed by atoms with Gasteiger partial charge in [-0.25, -0.2) is 0 Å². The van der Waals surface area contributed by atoms with Gasteiger partial charge in [-0.2, -0.15) is 0 Å². The third-order valence-electron chi connectivity index (χ3n) is 3.32. The smallest absolute Gasteiger partial charge is 0.255 e. The van der Waals surface area contributed by atoms with Crippen molar-refractivity contribution in [1.82, 2.24) is 0 Å². The van der Waals surface area contributed by atoms with E-state index in [-0.39, 0.29) is 12.0 Å². The van der Waals surface area contributed by atoms with Crippen molar-refractivity contribution in [2.75, 3.05) is 5.32 Å². The van der Waals surface area contributed by atoms with Crippen LogP contribution in [0.25, 0.3) is 0 Å². The molecule has 3 heteroatoms. The van der Waals surface area contributed by atoms with Gasteiger partial charge in [-0.05, 0) is 44.5 Å². The number of benzene rings is 2. The molecule has 2 aromatic carbocycles. The molecule has 2 rings (SSSR count). The van der Waals surface area contributed by atoms with E-state index in [1.165, 1.54) is 0 Å². The number of amides is 1. The molecule has 110 valence electrons. The van der Waals surface area contributed by atoms with Gasteiger partial charge < -0.3 is 10.1 Å². The first-order valence-corrected chi connectivity index (χ1v) is 7.23. The molecular weight excluding hydrogens is 262 g/mol. The fourth-order valence-corrected chi connectivity index (χ4v) is 1.87. The van der Waals surface area contributed by atoms with Crippen LogP contribution in [0.5, 0.6) is 5.75 Å². The average Bonchev–Trinajstić information content (AvgIpc) is 2.48. The topological polar surface area (TPSA) is 38.3 Å². The summed E-state index contributed by atoms with van der Waals surface area (Å²) in [4.78, 5) is 12.2. The second-order valence-electron chi connectivity index (χ2n) is 5.18. The van der Waals surface area contributed by atoms with E-state index in [9.17, 15) is 4.79 Å². The molecule has 0 spiro atoms. The third-order valence-corrected chi connectivity index (χ3v) is 3.32. The molecule has 0 bridgehead atoms. The normalized spacial score (nSPS) is 11.8. The van der Waals surface area contributed by atoms with Crippen molar-refractivity contribution < 1.29 is 9.53 Å². The van der Waals surface area contributed by atoms with Crippen LogP contribution in [0.4, 0.5) is 5.69 Å². The monoisotopic (exact) mass is 283 g/mol. The molecule has 0 heterocycles. The van der Waals surface area contributed by atoms with E-state index in [4.69, 9.17) is 4.74 Å². The molecule has 21 heavy (non-hydrogen) atoms. The van der Waals surface area contributed by atoms with Gasteiger partial charge in [0.1, 0.15) is 5.75 Å². The summed E-state index contributed by atoms with van der Waals surface area (Å²) in [6.07, 6.45) is 1.10. The van der Waals surface area contributed by atoms with Crippen LogP contribution in [-0.4, -0.2) is 12.0 Å². The standard InChI is InChI=1S/C18H21NO2/c1-4-14(3)21-17-7-5-6-16(12-17)19-18(20)15-10-8-13(2)9-11-15/h5-12,14H,4H2,1-3H3,(H,19,20). The summed E-state index contributed by atoms with van der Waals surface area (Å²) >= 11 is 0. The van der Waals surface area contributed by atoms with Crippen LogP contribution in [0.2, 0.25) is 0 Å². The van der Waals surface area contributed by atoms with Gasteiger partial charge >= 0.3 is 0 Å². The van der Waals surface area contributed by atoms with Crippen molar-refractivity contribution in [3.8, 4) is 5.75 Å². The average molecular weight is 283 g/mol. The molecular formula is C18H21NO2. The van der Waals surface area contributed by atoms with E-state index >= 15 is 0 Å². The first kappa shape index (κ1) is 15.1. The minimum Gasteiger partial charge on any atom is -0.491 e. The van der Waals surface area contributed by atoms with E-state index in [2.05, 4.69) is 12.2 Å². The highest BCUT2D eigenvalue weighted by atomic mass is 16.5. The van der Waals surface area contributed by atoms with Crippen molar-refractivity contribution in [3.05, 3.63) is 59.7 Å². The zero-order valence-electron chi connectivity index (χ0n) is 12.7. The van der Waals surface area contributed by atoms with Gasteiger partial charge in [-0.1, -0.05) is 30.7 Å². The van der Waals surface area contributed by atoms with Gasteiger partial charge in [0.25, 0.3) is 5.91 Å². The number of hydrogen-bond donors (Lipinski definition) is 1. The first-order valence-electron chi connectivity index (χ1n) is 7.23. The van der Waals surface area contributed by atoms with Crippen molar-refractivity contribution in [3.63, 3.8) is 0 Å². The van der Waals surface area contributed by atoms with Crippen molar-refractivity contribution >= 4 is 11.6 Å². The second-order valence-corrected chi connectivity index (χ2v) is 5.18. The second kappa shape index (κ2) is 6.93. The molecule has 1 N–H and O–H groups in total. The first-order chi connectivity index (χ1) is 10.1. The molecule has 3 nitrogen and oxygen atoms in total. The van der Waals surface area contributed by atoms with Crippen LogP contribution < -0.4 is 10.1 Å². The van der Waals surface area contributed by atoms with E-state index in [1.54, 1.807) is 0 Å². The van der Waals surface area contributed by atoms with Crippen LogP contribution >= 0.6 is 0 Å². The van der Waals surface area contributed by atoms with Gasteiger partial charge in [0.05, 0.1) is 6.10 Å². The molecule has 1 amide bonds. The van der Waals surface area contributed by atoms with E-state index < -0.39 is 0 Å². The lowest BCUT2D eigenvalue weighted by atomic mass is 10.1. The molecule has 1 unspecified atom stereocenters. The molecule has 2 aromatic rings. The summed E-state index contributed by atoms with van der Waals surface area (Å²) in [5, 5.41) is 2.89. The third kappa shape index (κ3) is 4.35. The van der Waals surface area contributed by atoms with Crippen LogP contribution in [-0.2, 0) is 0 Å². The summed E-state index contributed by atoms with van der Waals surface area (Å²) in [6, 6.07) is 15.0. The number of rotatable bonds is 5. The summed E-state index contributed by atoms with van der Waals surface area (Å²) in [5.74, 6) is 0.654. The molecule has 1 atom stereocenters. The number of anilines is 1. The Morgan fingerprint density at radius 3 is 2.57 bits per heavy atom. The highest BCUT2D eigenvalue weighted by Crippen LogP contribution is 2.20. The van der Waals surface area contributed by atoms with Gasteiger partial charge in [-0.3, -0.25) is 4.79 Å². The molecule has 0 aromatic heterocycles. The Morgan fingerprint density at radius 1 is 1.19 bits per heavy atom. The Morgan fingerprint density at radius 2 is 1.90 bits per heavy atom. The lowest BCUT2D eigenvalue weighted by molar-refractivity contribution is 0.102. The molecule has 0 fully saturated rings. The SMILES string of the molecule is CCC(C)Oc1cccc(NC(=O)c2ccc(C)cc2)c1. The van der Waals surface area contributed by atoms with Crippen molar-refractivity contribution in [2.24, 2.45) is 0 Å². The zero-order valence-corrected chi connectivity index (χ0v) is 12.7. The molecule has 0 saturated heterocycles. The van der Waals surface area contributed by atoms with E-state index in [1.807, 2.05) is 62.4 Å². The number of carbonyl (C=O) groups is 1. The fourth-order valence-electron chi connectivity index (χ4n) is 1.87. The summed E-state index contributed by atoms with van der Waals surface area (Å²) in [7, 11) is 0. The Hall–Kier alpha value is -2.29. The maximum absolute atomic E-state index is 12.2. The van der Waals surface area contributed by atoms with Gasteiger partial charge in [0.2, 0.25) is 0 Å². The highest BCUT2D eigenvalue weighted by Gasteiger charge is 2.07. The summed E-state index contributed by atoms with van der Waals surface area (Å²) in [6.45, 7) is 6.10. The van der Waals surface area contributed by atoms with Crippen LogP contribution in [0.1, 0.15) is 36.2 Å². The quantitative estimate of drug-likeness (QED) is 0.881. The van der Waals surface area contributed by atoms with Crippen LogP contribution in [0.3, 0.4) is 0 Å². The Kier molecular flexibility index (Phi) is 4.99. The van der Waals surface area contributed by atoms with Gasteiger partial charge in [0, 0.05) is 17.3 Å². The number of ether oxygens (including phenoxy) is 1. The maximum Gasteiger partial charge on any atom is 0.255 e. The van der Waals surface area contributed by atoms with Gasteiger partial charge in [-0.15, -0.1) is 0 Å². The van der Waals surface area contributed by atoms with Crippen molar-refractivity contribution in [1.29, 1.82) is 0 Å². The highest BCUT2D eigenvalue weighted by molar-refractivity contribution is 6.04. The number of carbonyl (C=O) groups excluding carboxylic acids is 1. The van der Waals surface area contributed by atoms with Crippen molar-refractivity contribution in [2.45, 2.75) is 33.3 Å². The summed E-state index contributed by atoms with van der Waals surface area (Å²) < 4.78 is 5.76. The number of aryl methyl sites for hydroxylation is 1. The molecule has 0 aliphatic carbocycles. The minimum atomic E-state index is -0.115. The molecule has 0 saturated carbocycles. The Bertz CT molecular complexity index is 605. The largest absolute Gasteiger partial charge is 0.491 e.